The van der Waals surface area contributed by atoms with Gasteiger partial charge in [-0.2, -0.15) is 0 Å². The maximum atomic E-state index is 8.66. The van der Waals surface area contributed by atoms with Crippen molar-refractivity contribution in [2.24, 2.45) is 16.3 Å². The maximum absolute atomic E-state index is 8.66. The Labute approximate surface area is 111 Å². The lowest BCUT2D eigenvalue weighted by Crippen LogP contribution is -2.37. The smallest absolute Gasteiger partial charge is 0.144 e. The van der Waals surface area contributed by atoms with E-state index in [0.29, 0.717) is 5.84 Å². The molecule has 5 heteroatoms. The van der Waals surface area contributed by atoms with Crippen LogP contribution >= 0.6 is 0 Å². The van der Waals surface area contributed by atoms with E-state index in [0.717, 1.165) is 32.4 Å². The highest BCUT2D eigenvalue weighted by Crippen LogP contribution is 2.23. The minimum Gasteiger partial charge on any atom is -0.409 e. The molecule has 0 bridgehead atoms. The molecule has 0 radical (unpaired) electrons. The van der Waals surface area contributed by atoms with E-state index in [4.69, 9.17) is 15.7 Å². The number of methoxy groups -OCH3 is 1. The molecule has 0 unspecified atom stereocenters. The third kappa shape index (κ3) is 6.81. The summed E-state index contributed by atoms with van der Waals surface area (Å²) in [4.78, 5) is 0. The van der Waals surface area contributed by atoms with Gasteiger partial charge in [-0.15, -0.1) is 0 Å². The predicted molar refractivity (Wildman–Crippen MR) is 75.0 cm³/mol. The number of oxime groups is 1. The number of amidine groups is 1. The number of hydrogen-bond donors (Lipinski definition) is 3. The highest BCUT2D eigenvalue weighted by molar-refractivity contribution is 5.85. The van der Waals surface area contributed by atoms with Crippen LogP contribution in [0.3, 0.4) is 0 Å². The molecule has 108 valence electrons. The third-order valence-corrected chi connectivity index (χ3v) is 3.31. The van der Waals surface area contributed by atoms with Crippen LogP contribution in [0.4, 0.5) is 0 Å². The molecule has 4 N–H and O–H groups in total. The van der Waals surface area contributed by atoms with Gasteiger partial charge >= 0.3 is 0 Å². The average Bonchev–Trinajstić information content (AvgIpc) is 2.32. The molecule has 0 heterocycles. The lowest BCUT2D eigenvalue weighted by Gasteiger charge is -2.24. The zero-order valence-corrected chi connectivity index (χ0v) is 12.4. The van der Waals surface area contributed by atoms with Gasteiger partial charge in [0.15, 0.2) is 0 Å². The fraction of sp³-hybridized carbons (Fsp3) is 0.923. The minimum absolute atomic E-state index is 0.118. The first-order valence-electron chi connectivity index (χ1n) is 6.49. The largest absolute Gasteiger partial charge is 0.409 e. The lowest BCUT2D eigenvalue weighted by molar-refractivity contribution is 0.0234. The molecule has 18 heavy (non-hydrogen) atoms. The van der Waals surface area contributed by atoms with Gasteiger partial charge in [-0.3, -0.25) is 0 Å². The molecule has 0 saturated heterocycles. The molecule has 0 rings (SSSR count). The first-order valence-corrected chi connectivity index (χ1v) is 6.49. The Balaban J connectivity index is 3.70. The average molecular weight is 259 g/mol. The Bertz CT molecular complexity index is 263. The SMILES string of the molecule is COC(C)(C)CNCCCCC(C)(C)C(N)=NO. The van der Waals surface area contributed by atoms with Crippen LogP contribution in [0.2, 0.25) is 0 Å². The summed E-state index contributed by atoms with van der Waals surface area (Å²) in [5.41, 5.74) is 5.28. The standard InChI is InChI=1S/C13H29N3O2/c1-12(2,11(14)16-17)8-6-7-9-15-10-13(3,4)18-5/h15,17H,6-10H2,1-5H3,(H2,14,16). The molecular formula is C13H29N3O2. The molecule has 5 nitrogen and oxygen atoms in total. The van der Waals surface area contributed by atoms with Crippen LogP contribution in [0.15, 0.2) is 5.16 Å². The second-order valence-corrected chi connectivity index (χ2v) is 5.97. The van der Waals surface area contributed by atoms with Crippen LogP contribution in [0.25, 0.3) is 0 Å². The normalized spacial score (nSPS) is 13.9. The van der Waals surface area contributed by atoms with Crippen molar-refractivity contribution >= 4 is 5.84 Å². The zero-order chi connectivity index (χ0) is 14.2. The lowest BCUT2D eigenvalue weighted by atomic mass is 9.86. The Morgan fingerprint density at radius 2 is 1.89 bits per heavy atom. The number of nitrogens with one attached hydrogen (secondary N) is 1. The van der Waals surface area contributed by atoms with Gasteiger partial charge in [0, 0.05) is 19.1 Å². The molecule has 0 aliphatic rings. The van der Waals surface area contributed by atoms with Crippen molar-refractivity contribution in [3.05, 3.63) is 0 Å². The van der Waals surface area contributed by atoms with Crippen molar-refractivity contribution < 1.29 is 9.94 Å². The predicted octanol–water partition coefficient (Wildman–Crippen LogP) is 1.94. The van der Waals surface area contributed by atoms with Crippen LogP contribution in [0.1, 0.15) is 47.0 Å². The molecule has 0 aromatic rings. The summed E-state index contributed by atoms with van der Waals surface area (Å²) in [6.07, 6.45) is 3.03. The number of nitrogens with two attached hydrogens (primary N) is 1. The quantitative estimate of drug-likeness (QED) is 0.194. The van der Waals surface area contributed by atoms with E-state index in [1.165, 1.54) is 0 Å². The summed E-state index contributed by atoms with van der Waals surface area (Å²) in [5, 5.41) is 15.1. The van der Waals surface area contributed by atoms with Crippen molar-refractivity contribution in [2.45, 2.75) is 52.6 Å². The number of rotatable bonds is 9. The van der Waals surface area contributed by atoms with Gasteiger partial charge in [0.25, 0.3) is 0 Å². The van der Waals surface area contributed by atoms with Gasteiger partial charge in [-0.25, -0.2) is 0 Å². The maximum Gasteiger partial charge on any atom is 0.144 e. The molecule has 0 aromatic carbocycles. The van der Waals surface area contributed by atoms with Gasteiger partial charge in [0.2, 0.25) is 0 Å². The van der Waals surface area contributed by atoms with Crippen molar-refractivity contribution in [1.29, 1.82) is 0 Å². The Hall–Kier alpha value is -0.810. The Morgan fingerprint density at radius 1 is 1.28 bits per heavy atom. The molecule has 0 saturated carbocycles. The Morgan fingerprint density at radius 3 is 2.39 bits per heavy atom. The van der Waals surface area contributed by atoms with E-state index in [1.807, 2.05) is 13.8 Å². The van der Waals surface area contributed by atoms with Crippen LogP contribution in [-0.4, -0.2) is 36.8 Å². The first-order chi connectivity index (χ1) is 8.25. The van der Waals surface area contributed by atoms with E-state index in [9.17, 15) is 0 Å². The fourth-order valence-corrected chi connectivity index (χ4v) is 1.54. The molecule has 0 aliphatic carbocycles. The monoisotopic (exact) mass is 259 g/mol. The number of hydrogen-bond acceptors (Lipinski definition) is 4. The van der Waals surface area contributed by atoms with Crippen LogP contribution in [-0.2, 0) is 4.74 Å². The minimum atomic E-state index is -0.236. The molecule has 0 aliphatic heterocycles. The Kier molecular flexibility index (Phi) is 7.25. The summed E-state index contributed by atoms with van der Waals surface area (Å²) >= 11 is 0. The molecule has 0 amide bonds. The number of ether oxygens (including phenoxy) is 1. The zero-order valence-electron chi connectivity index (χ0n) is 12.4. The van der Waals surface area contributed by atoms with Crippen molar-refractivity contribution in [1.82, 2.24) is 5.32 Å². The van der Waals surface area contributed by atoms with E-state index in [-0.39, 0.29) is 11.0 Å². The van der Waals surface area contributed by atoms with Crippen LogP contribution in [0.5, 0.6) is 0 Å². The second-order valence-electron chi connectivity index (χ2n) is 5.97. The van der Waals surface area contributed by atoms with E-state index < -0.39 is 0 Å². The van der Waals surface area contributed by atoms with Gasteiger partial charge < -0.3 is 21.0 Å². The van der Waals surface area contributed by atoms with Gasteiger partial charge in [-0.1, -0.05) is 25.4 Å². The summed E-state index contributed by atoms with van der Waals surface area (Å²) in [7, 11) is 1.72. The molecular weight excluding hydrogens is 230 g/mol. The van der Waals surface area contributed by atoms with Crippen LogP contribution < -0.4 is 11.1 Å². The number of nitrogens with zero attached hydrogens (tertiary/aromatic N) is 1. The molecule has 0 aromatic heterocycles. The summed E-state index contributed by atoms with van der Waals surface area (Å²) in [5.74, 6) is 0.302. The third-order valence-electron chi connectivity index (χ3n) is 3.31. The summed E-state index contributed by atoms with van der Waals surface area (Å²) < 4.78 is 5.32. The number of unbranched alkanes of at least 4 members (excludes halogenated alkanes) is 1. The topological polar surface area (TPSA) is 79.9 Å². The fourth-order valence-electron chi connectivity index (χ4n) is 1.54. The molecule has 0 spiro atoms. The molecule has 0 atom stereocenters. The van der Waals surface area contributed by atoms with Crippen LogP contribution in [0, 0.1) is 5.41 Å². The van der Waals surface area contributed by atoms with Gasteiger partial charge in [-0.05, 0) is 33.2 Å². The van der Waals surface area contributed by atoms with E-state index in [2.05, 4.69) is 24.3 Å². The van der Waals surface area contributed by atoms with Crippen molar-refractivity contribution in [3.63, 3.8) is 0 Å². The first kappa shape index (κ1) is 17.2. The van der Waals surface area contributed by atoms with Gasteiger partial charge in [0.1, 0.15) is 5.84 Å². The second kappa shape index (κ2) is 7.59. The van der Waals surface area contributed by atoms with E-state index >= 15 is 0 Å². The summed E-state index contributed by atoms with van der Waals surface area (Å²) in [6, 6.07) is 0. The summed E-state index contributed by atoms with van der Waals surface area (Å²) in [6.45, 7) is 9.89. The van der Waals surface area contributed by atoms with Crippen molar-refractivity contribution in [2.75, 3.05) is 20.2 Å². The van der Waals surface area contributed by atoms with Gasteiger partial charge in [0.05, 0.1) is 5.60 Å². The highest BCUT2D eigenvalue weighted by atomic mass is 16.5. The highest BCUT2D eigenvalue weighted by Gasteiger charge is 2.22. The van der Waals surface area contributed by atoms with E-state index in [1.54, 1.807) is 7.11 Å². The van der Waals surface area contributed by atoms with Crippen molar-refractivity contribution in [3.8, 4) is 0 Å². The molecule has 0 fully saturated rings.